The lowest BCUT2D eigenvalue weighted by atomic mass is 10.2. The Hall–Kier alpha value is -1.38. The molecular formula is C9H12N2O. The molecule has 0 aliphatic carbocycles. The van der Waals surface area contributed by atoms with Crippen LogP contribution in [-0.2, 0) is 6.42 Å². The molecule has 0 saturated carbocycles. The number of anilines is 1. The molecule has 0 radical (unpaired) electrons. The lowest BCUT2D eigenvalue weighted by Gasteiger charge is -2.05. The topological polar surface area (TPSA) is 42.0 Å². The predicted octanol–water partition coefficient (Wildman–Crippen LogP) is 1.50. The molecule has 0 saturated heterocycles. The van der Waals surface area contributed by atoms with E-state index >= 15 is 0 Å². The van der Waals surface area contributed by atoms with Crippen molar-refractivity contribution in [2.45, 2.75) is 13.3 Å². The Morgan fingerprint density at radius 1 is 1.58 bits per heavy atom. The number of hydrogen-bond donors (Lipinski definition) is 1. The van der Waals surface area contributed by atoms with Crippen LogP contribution in [0.1, 0.15) is 23.0 Å². The number of carbonyl (C=O) groups is 1. The molecule has 0 amide bonds. The van der Waals surface area contributed by atoms with Crippen molar-refractivity contribution in [2.75, 3.05) is 12.4 Å². The third-order valence-electron chi connectivity index (χ3n) is 1.74. The summed E-state index contributed by atoms with van der Waals surface area (Å²) in [6.45, 7) is 2.05. The van der Waals surface area contributed by atoms with Crippen LogP contribution < -0.4 is 5.32 Å². The number of hydrogen-bond acceptors (Lipinski definition) is 3. The largest absolute Gasteiger partial charge is 0.373 e. The molecule has 0 fully saturated rings. The Morgan fingerprint density at radius 3 is 2.83 bits per heavy atom. The number of pyridine rings is 1. The number of aldehydes is 1. The van der Waals surface area contributed by atoms with E-state index in [1.54, 1.807) is 13.1 Å². The van der Waals surface area contributed by atoms with Gasteiger partial charge in [0.1, 0.15) is 11.5 Å². The van der Waals surface area contributed by atoms with Crippen LogP contribution in [0.2, 0.25) is 0 Å². The third kappa shape index (κ3) is 1.61. The van der Waals surface area contributed by atoms with Crippen molar-refractivity contribution in [1.29, 1.82) is 0 Å². The van der Waals surface area contributed by atoms with Gasteiger partial charge in [0.15, 0.2) is 6.29 Å². The molecule has 1 aromatic rings. The summed E-state index contributed by atoms with van der Waals surface area (Å²) in [6.07, 6.45) is 1.67. The Kier molecular flexibility index (Phi) is 2.80. The maximum atomic E-state index is 10.4. The van der Waals surface area contributed by atoms with Gasteiger partial charge in [-0.25, -0.2) is 4.98 Å². The van der Waals surface area contributed by atoms with E-state index in [0.29, 0.717) is 5.69 Å². The Balaban J connectivity index is 3.10. The van der Waals surface area contributed by atoms with Crippen LogP contribution in [-0.4, -0.2) is 18.3 Å². The molecule has 0 atom stereocenters. The Morgan fingerprint density at radius 2 is 2.33 bits per heavy atom. The second-order valence-electron chi connectivity index (χ2n) is 2.47. The van der Waals surface area contributed by atoms with Crippen molar-refractivity contribution in [3.8, 4) is 0 Å². The van der Waals surface area contributed by atoms with Gasteiger partial charge < -0.3 is 5.32 Å². The normalized spacial score (nSPS) is 9.50. The smallest absolute Gasteiger partial charge is 0.168 e. The van der Waals surface area contributed by atoms with Crippen LogP contribution >= 0.6 is 0 Å². The van der Waals surface area contributed by atoms with Gasteiger partial charge in [-0.1, -0.05) is 13.0 Å². The van der Waals surface area contributed by atoms with Crippen LogP contribution in [0.5, 0.6) is 0 Å². The first-order chi connectivity index (χ1) is 5.81. The highest BCUT2D eigenvalue weighted by Crippen LogP contribution is 2.12. The summed E-state index contributed by atoms with van der Waals surface area (Å²) in [5.74, 6) is 0.794. The molecular weight excluding hydrogens is 152 g/mol. The zero-order chi connectivity index (χ0) is 8.97. The Bertz CT molecular complexity index is 284. The molecule has 3 heteroatoms. The van der Waals surface area contributed by atoms with E-state index in [-0.39, 0.29) is 0 Å². The van der Waals surface area contributed by atoms with Gasteiger partial charge in [-0.2, -0.15) is 0 Å². The average molecular weight is 164 g/mol. The van der Waals surface area contributed by atoms with Crippen LogP contribution in [0.25, 0.3) is 0 Å². The van der Waals surface area contributed by atoms with E-state index in [1.165, 1.54) is 0 Å². The maximum Gasteiger partial charge on any atom is 0.168 e. The number of nitrogens with one attached hydrogen (secondary N) is 1. The van der Waals surface area contributed by atoms with Gasteiger partial charge in [-0.3, -0.25) is 4.79 Å². The van der Waals surface area contributed by atoms with Crippen LogP contribution in [0.4, 0.5) is 5.82 Å². The fourth-order valence-corrected chi connectivity index (χ4v) is 1.07. The molecule has 12 heavy (non-hydrogen) atoms. The van der Waals surface area contributed by atoms with E-state index in [9.17, 15) is 4.79 Å². The van der Waals surface area contributed by atoms with Gasteiger partial charge in [-0.05, 0) is 18.1 Å². The SMILES string of the molecule is CCc1ccc(C=O)nc1NC. The summed E-state index contributed by atoms with van der Waals surface area (Å²) in [7, 11) is 1.80. The highest BCUT2D eigenvalue weighted by molar-refractivity contribution is 5.73. The molecule has 0 aromatic carbocycles. The van der Waals surface area contributed by atoms with E-state index < -0.39 is 0 Å². The molecule has 1 aromatic heterocycles. The van der Waals surface area contributed by atoms with Gasteiger partial charge in [-0.15, -0.1) is 0 Å². The number of rotatable bonds is 3. The lowest BCUT2D eigenvalue weighted by molar-refractivity contribution is 0.111. The zero-order valence-electron chi connectivity index (χ0n) is 7.29. The minimum Gasteiger partial charge on any atom is -0.373 e. The Labute approximate surface area is 71.8 Å². The van der Waals surface area contributed by atoms with Crippen molar-refractivity contribution in [3.63, 3.8) is 0 Å². The van der Waals surface area contributed by atoms with Gasteiger partial charge in [0.25, 0.3) is 0 Å². The van der Waals surface area contributed by atoms with E-state index in [1.807, 2.05) is 6.07 Å². The quantitative estimate of drug-likeness (QED) is 0.688. The first-order valence-corrected chi connectivity index (χ1v) is 3.94. The minimum atomic E-state index is 0.469. The molecule has 0 bridgehead atoms. The number of aromatic nitrogens is 1. The first-order valence-electron chi connectivity index (χ1n) is 3.94. The van der Waals surface area contributed by atoms with Crippen molar-refractivity contribution < 1.29 is 4.79 Å². The number of nitrogens with zero attached hydrogens (tertiary/aromatic N) is 1. The van der Waals surface area contributed by atoms with Crippen LogP contribution in [0.3, 0.4) is 0 Å². The summed E-state index contributed by atoms with van der Waals surface area (Å²) in [5, 5.41) is 2.95. The second-order valence-corrected chi connectivity index (χ2v) is 2.47. The monoisotopic (exact) mass is 164 g/mol. The van der Waals surface area contributed by atoms with Crippen molar-refractivity contribution in [1.82, 2.24) is 4.98 Å². The summed E-state index contributed by atoms with van der Waals surface area (Å²) < 4.78 is 0. The highest BCUT2D eigenvalue weighted by atomic mass is 16.1. The van der Waals surface area contributed by atoms with Crippen molar-refractivity contribution in [3.05, 3.63) is 23.4 Å². The molecule has 0 spiro atoms. The molecule has 0 aliphatic heterocycles. The average Bonchev–Trinajstić information content (AvgIpc) is 2.16. The maximum absolute atomic E-state index is 10.4. The lowest BCUT2D eigenvalue weighted by Crippen LogP contribution is -2.00. The highest BCUT2D eigenvalue weighted by Gasteiger charge is 2.00. The summed E-state index contributed by atoms with van der Waals surface area (Å²) in [6, 6.07) is 3.65. The van der Waals surface area contributed by atoms with Crippen LogP contribution in [0, 0.1) is 0 Å². The van der Waals surface area contributed by atoms with Gasteiger partial charge in [0.2, 0.25) is 0 Å². The van der Waals surface area contributed by atoms with Gasteiger partial charge in [0, 0.05) is 7.05 Å². The molecule has 1 N–H and O–H groups in total. The predicted molar refractivity (Wildman–Crippen MR) is 48.5 cm³/mol. The minimum absolute atomic E-state index is 0.469. The number of carbonyl (C=O) groups excluding carboxylic acids is 1. The third-order valence-corrected chi connectivity index (χ3v) is 1.74. The van der Waals surface area contributed by atoms with Crippen molar-refractivity contribution >= 4 is 12.1 Å². The van der Waals surface area contributed by atoms with E-state index in [0.717, 1.165) is 24.1 Å². The molecule has 0 unspecified atom stereocenters. The van der Waals surface area contributed by atoms with Crippen molar-refractivity contribution in [2.24, 2.45) is 0 Å². The molecule has 1 heterocycles. The molecule has 64 valence electrons. The summed E-state index contributed by atoms with van der Waals surface area (Å²) in [5.41, 5.74) is 1.60. The first kappa shape index (κ1) is 8.71. The van der Waals surface area contributed by atoms with Crippen LogP contribution in [0.15, 0.2) is 12.1 Å². The zero-order valence-corrected chi connectivity index (χ0v) is 7.29. The standard InChI is InChI=1S/C9H12N2O/c1-3-7-4-5-8(6-12)11-9(7)10-2/h4-6H,3H2,1-2H3,(H,10,11). The fraction of sp³-hybridized carbons (Fsp3) is 0.333. The second kappa shape index (κ2) is 3.85. The van der Waals surface area contributed by atoms with Gasteiger partial charge in [0.05, 0.1) is 0 Å². The summed E-state index contributed by atoms with van der Waals surface area (Å²) in [4.78, 5) is 14.5. The number of aryl methyl sites for hydroxylation is 1. The summed E-state index contributed by atoms with van der Waals surface area (Å²) >= 11 is 0. The molecule has 0 aliphatic rings. The molecule has 1 rings (SSSR count). The van der Waals surface area contributed by atoms with E-state index in [4.69, 9.17) is 0 Å². The molecule has 3 nitrogen and oxygen atoms in total. The van der Waals surface area contributed by atoms with Gasteiger partial charge >= 0.3 is 0 Å². The fourth-order valence-electron chi connectivity index (χ4n) is 1.07. The van der Waals surface area contributed by atoms with E-state index in [2.05, 4.69) is 17.2 Å².